The highest BCUT2D eigenvalue weighted by Crippen LogP contribution is 2.50. The van der Waals surface area contributed by atoms with Gasteiger partial charge in [-0.3, -0.25) is 4.90 Å². The summed E-state index contributed by atoms with van der Waals surface area (Å²) in [6, 6.07) is 21.6. The minimum Gasteiger partial charge on any atom is -0.493 e. The molecule has 0 N–H and O–H groups in total. The van der Waals surface area contributed by atoms with Gasteiger partial charge in [-0.05, 0) is 72.5 Å². The first-order valence-electron chi connectivity index (χ1n) is 13.6. The average molecular weight is 519 g/mol. The third-order valence-corrected chi connectivity index (χ3v) is 8.17. The van der Waals surface area contributed by atoms with Crippen molar-refractivity contribution in [3.05, 3.63) is 89.2 Å². The number of benzene rings is 3. The molecule has 0 bridgehead atoms. The first-order valence-corrected chi connectivity index (χ1v) is 13.6. The third kappa shape index (κ3) is 5.12. The zero-order valence-corrected chi connectivity index (χ0v) is 23.0. The van der Waals surface area contributed by atoms with E-state index in [2.05, 4.69) is 66.1 Å². The normalized spacial score (nSPS) is 21.1. The topological polar surface area (TPSA) is 34.2 Å². The standard InChI is InChI=1S/C32H39FN2O3/c1-31(2)23-38-32(24-11-13-25(33)14-12-24,28-22-30(37-4)29(36-3)21-27(28)31)15-8-16-34-17-19-35(20-18-34)26-9-6-5-7-10-26/h5-7,9-14,21-22H,8,15-20,23H2,1-4H3. The van der Waals surface area contributed by atoms with E-state index in [1.807, 2.05) is 12.1 Å². The Morgan fingerprint density at radius 3 is 2.11 bits per heavy atom. The van der Waals surface area contributed by atoms with Crippen LogP contribution in [0.15, 0.2) is 66.7 Å². The average Bonchev–Trinajstić information content (AvgIpc) is 2.95. The summed E-state index contributed by atoms with van der Waals surface area (Å²) in [6.45, 7) is 10.1. The van der Waals surface area contributed by atoms with Crippen LogP contribution >= 0.6 is 0 Å². The Balaban J connectivity index is 1.40. The van der Waals surface area contributed by atoms with Gasteiger partial charge < -0.3 is 19.1 Å². The largest absolute Gasteiger partial charge is 0.493 e. The van der Waals surface area contributed by atoms with Crippen molar-refractivity contribution in [1.82, 2.24) is 4.90 Å². The van der Waals surface area contributed by atoms with Crippen LogP contribution in [0.25, 0.3) is 0 Å². The lowest BCUT2D eigenvalue weighted by molar-refractivity contribution is -0.0633. The number of ether oxygens (including phenoxy) is 3. The molecule has 0 aliphatic carbocycles. The number of methoxy groups -OCH3 is 2. The lowest BCUT2D eigenvalue weighted by Crippen LogP contribution is -2.47. The number of para-hydroxylation sites is 1. The van der Waals surface area contributed by atoms with Crippen molar-refractivity contribution in [3.63, 3.8) is 0 Å². The van der Waals surface area contributed by atoms with E-state index in [0.717, 1.165) is 56.7 Å². The zero-order chi connectivity index (χ0) is 26.8. The molecule has 1 unspecified atom stereocenters. The summed E-state index contributed by atoms with van der Waals surface area (Å²) in [4.78, 5) is 5.00. The highest BCUT2D eigenvalue weighted by molar-refractivity contribution is 5.55. The molecule has 5 rings (SSSR count). The molecule has 0 spiro atoms. The van der Waals surface area contributed by atoms with Gasteiger partial charge in [-0.2, -0.15) is 0 Å². The van der Waals surface area contributed by atoms with Gasteiger partial charge in [0.15, 0.2) is 11.5 Å². The number of piperazine rings is 1. The number of nitrogens with zero attached hydrogens (tertiary/aromatic N) is 2. The predicted molar refractivity (Wildman–Crippen MR) is 150 cm³/mol. The van der Waals surface area contributed by atoms with E-state index in [1.165, 1.54) is 23.4 Å². The van der Waals surface area contributed by atoms with Gasteiger partial charge in [-0.1, -0.05) is 44.2 Å². The molecule has 0 aromatic heterocycles. The zero-order valence-electron chi connectivity index (χ0n) is 23.0. The summed E-state index contributed by atoms with van der Waals surface area (Å²) in [6.07, 6.45) is 1.74. The minimum absolute atomic E-state index is 0.202. The predicted octanol–water partition coefficient (Wildman–Crippen LogP) is 6.00. The second-order valence-electron chi connectivity index (χ2n) is 11.0. The summed E-state index contributed by atoms with van der Waals surface area (Å²) < 4.78 is 32.2. The van der Waals surface area contributed by atoms with Crippen molar-refractivity contribution in [2.24, 2.45) is 0 Å². The van der Waals surface area contributed by atoms with Crippen LogP contribution in [0.4, 0.5) is 10.1 Å². The Morgan fingerprint density at radius 1 is 0.842 bits per heavy atom. The van der Waals surface area contributed by atoms with Gasteiger partial charge in [0, 0.05) is 37.3 Å². The molecular weight excluding hydrogens is 479 g/mol. The molecule has 202 valence electrons. The fourth-order valence-electron chi connectivity index (χ4n) is 5.96. The molecule has 3 aromatic rings. The number of hydrogen-bond acceptors (Lipinski definition) is 5. The van der Waals surface area contributed by atoms with Gasteiger partial charge >= 0.3 is 0 Å². The number of hydrogen-bond donors (Lipinski definition) is 0. The Hall–Kier alpha value is -3.09. The summed E-state index contributed by atoms with van der Waals surface area (Å²) in [5.41, 5.74) is 3.63. The maximum Gasteiger partial charge on any atom is 0.161 e. The lowest BCUT2D eigenvalue weighted by Gasteiger charge is -2.46. The second kappa shape index (κ2) is 11.0. The van der Waals surface area contributed by atoms with E-state index in [-0.39, 0.29) is 11.2 Å². The van der Waals surface area contributed by atoms with Gasteiger partial charge in [0.1, 0.15) is 11.4 Å². The fraction of sp³-hybridized carbons (Fsp3) is 0.438. The smallest absolute Gasteiger partial charge is 0.161 e. The molecule has 1 fully saturated rings. The lowest BCUT2D eigenvalue weighted by atomic mass is 9.70. The molecule has 1 atom stereocenters. The quantitative estimate of drug-likeness (QED) is 0.366. The molecule has 6 heteroatoms. The van der Waals surface area contributed by atoms with Crippen LogP contribution < -0.4 is 14.4 Å². The number of anilines is 1. The molecular formula is C32H39FN2O3. The first-order chi connectivity index (χ1) is 18.4. The molecule has 0 amide bonds. The van der Waals surface area contributed by atoms with E-state index in [1.54, 1.807) is 14.2 Å². The van der Waals surface area contributed by atoms with Gasteiger partial charge in [0.05, 0.1) is 20.8 Å². The van der Waals surface area contributed by atoms with Crippen molar-refractivity contribution in [1.29, 1.82) is 0 Å². The Labute approximate surface area is 226 Å². The monoisotopic (exact) mass is 518 g/mol. The summed E-state index contributed by atoms with van der Waals surface area (Å²) >= 11 is 0. The SMILES string of the molecule is COc1cc2c(cc1OC)C(CCCN1CCN(c3ccccc3)CC1)(c1ccc(F)cc1)OCC2(C)C. The van der Waals surface area contributed by atoms with Crippen LogP contribution in [0.1, 0.15) is 43.4 Å². The van der Waals surface area contributed by atoms with Crippen LogP contribution in [0, 0.1) is 5.82 Å². The van der Waals surface area contributed by atoms with E-state index in [9.17, 15) is 4.39 Å². The molecule has 2 heterocycles. The summed E-state index contributed by atoms with van der Waals surface area (Å²) in [7, 11) is 3.33. The number of rotatable bonds is 8. The molecule has 0 radical (unpaired) electrons. The van der Waals surface area contributed by atoms with Gasteiger partial charge in [-0.15, -0.1) is 0 Å². The summed E-state index contributed by atoms with van der Waals surface area (Å²) in [5.74, 6) is 1.14. The number of halogens is 1. The highest BCUT2D eigenvalue weighted by atomic mass is 19.1. The minimum atomic E-state index is -0.691. The van der Waals surface area contributed by atoms with Gasteiger partial charge in [0.25, 0.3) is 0 Å². The highest BCUT2D eigenvalue weighted by Gasteiger charge is 2.46. The van der Waals surface area contributed by atoms with E-state index in [0.29, 0.717) is 18.1 Å². The third-order valence-electron chi connectivity index (χ3n) is 8.17. The summed E-state index contributed by atoms with van der Waals surface area (Å²) in [5, 5.41) is 0. The van der Waals surface area contributed by atoms with E-state index >= 15 is 0 Å². The van der Waals surface area contributed by atoms with Crippen molar-refractivity contribution in [3.8, 4) is 11.5 Å². The number of fused-ring (bicyclic) bond motifs is 1. The van der Waals surface area contributed by atoms with Gasteiger partial charge in [0.2, 0.25) is 0 Å². The molecule has 2 aliphatic rings. The van der Waals surface area contributed by atoms with Crippen LogP contribution in [0.3, 0.4) is 0 Å². The van der Waals surface area contributed by atoms with Crippen LogP contribution in [0.5, 0.6) is 11.5 Å². The van der Waals surface area contributed by atoms with Crippen molar-refractivity contribution in [2.45, 2.75) is 37.7 Å². The molecule has 1 saturated heterocycles. The van der Waals surface area contributed by atoms with Crippen LogP contribution in [0.2, 0.25) is 0 Å². The maximum atomic E-state index is 14.0. The maximum absolute atomic E-state index is 14.0. The van der Waals surface area contributed by atoms with E-state index < -0.39 is 5.60 Å². The first kappa shape index (κ1) is 26.5. The molecule has 3 aromatic carbocycles. The van der Waals surface area contributed by atoms with E-state index in [4.69, 9.17) is 14.2 Å². The van der Waals surface area contributed by atoms with Crippen molar-refractivity contribution in [2.75, 3.05) is 58.5 Å². The van der Waals surface area contributed by atoms with Crippen LogP contribution in [-0.2, 0) is 15.8 Å². The molecule has 2 aliphatic heterocycles. The van der Waals surface area contributed by atoms with Gasteiger partial charge in [-0.25, -0.2) is 4.39 Å². The molecule has 5 nitrogen and oxygen atoms in total. The molecule has 38 heavy (non-hydrogen) atoms. The Kier molecular flexibility index (Phi) is 7.64. The Morgan fingerprint density at radius 2 is 1.47 bits per heavy atom. The van der Waals surface area contributed by atoms with Crippen molar-refractivity contribution < 1.29 is 18.6 Å². The van der Waals surface area contributed by atoms with Crippen molar-refractivity contribution >= 4 is 5.69 Å². The fourth-order valence-corrected chi connectivity index (χ4v) is 5.96. The Bertz CT molecular complexity index is 1220. The second-order valence-corrected chi connectivity index (χ2v) is 11.0. The van der Waals surface area contributed by atoms with Crippen LogP contribution in [-0.4, -0.2) is 58.5 Å². The molecule has 0 saturated carbocycles.